The molecule has 0 spiro atoms. The zero-order valence-electron chi connectivity index (χ0n) is 10.1. The number of aryl methyl sites for hydroxylation is 1. The number of morpholine rings is 1. The van der Waals surface area contributed by atoms with Crippen LogP contribution in [0.5, 0.6) is 0 Å². The van der Waals surface area contributed by atoms with Gasteiger partial charge in [-0.15, -0.1) is 0 Å². The van der Waals surface area contributed by atoms with Crippen LogP contribution in [0.1, 0.15) is 11.3 Å². The van der Waals surface area contributed by atoms with E-state index in [0.717, 1.165) is 43.4 Å². The number of ether oxygens (including phenoxy) is 1. The van der Waals surface area contributed by atoms with Gasteiger partial charge in [0.25, 0.3) is 5.78 Å². The van der Waals surface area contributed by atoms with Crippen LogP contribution in [-0.4, -0.2) is 45.9 Å². The van der Waals surface area contributed by atoms with Gasteiger partial charge in [0.15, 0.2) is 0 Å². The summed E-state index contributed by atoms with van der Waals surface area (Å²) in [6, 6.07) is 0. The molecule has 6 heteroatoms. The maximum atomic E-state index is 5.38. The molecular weight excluding hydrogens is 218 g/mol. The quantitative estimate of drug-likeness (QED) is 0.721. The smallest absolute Gasteiger partial charge is 0.254 e. The number of rotatable bonds is 1. The molecule has 0 aliphatic carbocycles. The third-order valence-corrected chi connectivity index (χ3v) is 3.19. The Bertz CT molecular complexity index is 544. The molecule has 0 bridgehead atoms. The van der Waals surface area contributed by atoms with E-state index in [1.807, 2.05) is 11.4 Å². The molecule has 6 nitrogen and oxygen atoms in total. The number of anilines is 1. The van der Waals surface area contributed by atoms with E-state index in [1.54, 1.807) is 6.33 Å². The van der Waals surface area contributed by atoms with E-state index < -0.39 is 0 Å². The molecule has 0 unspecified atom stereocenters. The molecule has 0 saturated carbocycles. The lowest BCUT2D eigenvalue weighted by molar-refractivity contribution is 0.122. The Balaban J connectivity index is 2.18. The van der Waals surface area contributed by atoms with Gasteiger partial charge in [-0.2, -0.15) is 14.6 Å². The van der Waals surface area contributed by atoms with Crippen molar-refractivity contribution in [3.05, 3.63) is 17.6 Å². The summed E-state index contributed by atoms with van der Waals surface area (Å²) in [4.78, 5) is 10.9. The summed E-state index contributed by atoms with van der Waals surface area (Å²) >= 11 is 0. The molecule has 2 aromatic rings. The van der Waals surface area contributed by atoms with Gasteiger partial charge >= 0.3 is 0 Å². The molecule has 0 aromatic carbocycles. The van der Waals surface area contributed by atoms with Crippen molar-refractivity contribution in [2.45, 2.75) is 13.8 Å². The van der Waals surface area contributed by atoms with Crippen LogP contribution in [0.15, 0.2) is 6.33 Å². The van der Waals surface area contributed by atoms with Crippen LogP contribution in [0.2, 0.25) is 0 Å². The maximum Gasteiger partial charge on any atom is 0.254 e. The van der Waals surface area contributed by atoms with Crippen molar-refractivity contribution in [1.29, 1.82) is 0 Å². The fourth-order valence-electron chi connectivity index (χ4n) is 2.16. The van der Waals surface area contributed by atoms with Crippen LogP contribution in [0.4, 0.5) is 5.82 Å². The highest BCUT2D eigenvalue weighted by atomic mass is 16.5. The van der Waals surface area contributed by atoms with E-state index >= 15 is 0 Å². The lowest BCUT2D eigenvalue weighted by Crippen LogP contribution is -2.38. The fraction of sp³-hybridized carbons (Fsp3) is 0.545. The Hall–Kier alpha value is -1.69. The maximum absolute atomic E-state index is 5.38. The molecule has 90 valence electrons. The van der Waals surface area contributed by atoms with E-state index in [0.29, 0.717) is 5.78 Å². The molecule has 1 fully saturated rings. The van der Waals surface area contributed by atoms with Crippen molar-refractivity contribution >= 4 is 11.6 Å². The lowest BCUT2D eigenvalue weighted by atomic mass is 10.2. The molecule has 0 radical (unpaired) electrons. The molecule has 0 atom stereocenters. The Morgan fingerprint density at radius 3 is 2.76 bits per heavy atom. The van der Waals surface area contributed by atoms with Crippen LogP contribution >= 0.6 is 0 Å². The predicted octanol–water partition coefficient (Wildman–Crippen LogP) is 0.578. The summed E-state index contributed by atoms with van der Waals surface area (Å²) in [5.74, 6) is 1.75. The minimum atomic E-state index is 0.662. The summed E-state index contributed by atoms with van der Waals surface area (Å²) in [7, 11) is 0. The van der Waals surface area contributed by atoms with Gasteiger partial charge in [-0.25, -0.2) is 4.98 Å². The van der Waals surface area contributed by atoms with Gasteiger partial charge in [0.2, 0.25) is 0 Å². The van der Waals surface area contributed by atoms with Gasteiger partial charge in [0, 0.05) is 24.3 Å². The summed E-state index contributed by atoms with van der Waals surface area (Å²) in [6.45, 7) is 7.38. The normalized spacial score (nSPS) is 16.7. The third-order valence-electron chi connectivity index (χ3n) is 3.19. The van der Waals surface area contributed by atoms with Gasteiger partial charge in [-0.1, -0.05) is 0 Å². The second kappa shape index (κ2) is 3.96. The standard InChI is InChI=1S/C11H15N5O/c1-8-9(2)14-11-12-7-13-16(11)10(8)15-3-5-17-6-4-15/h7H,3-6H2,1-2H3. The van der Waals surface area contributed by atoms with Crippen molar-refractivity contribution in [3.8, 4) is 0 Å². The lowest BCUT2D eigenvalue weighted by Gasteiger charge is -2.30. The fourth-order valence-corrected chi connectivity index (χ4v) is 2.16. The highest BCUT2D eigenvalue weighted by molar-refractivity contribution is 5.54. The van der Waals surface area contributed by atoms with Crippen LogP contribution in [0, 0.1) is 13.8 Å². The average molecular weight is 233 g/mol. The van der Waals surface area contributed by atoms with Crippen molar-refractivity contribution in [2.24, 2.45) is 0 Å². The Morgan fingerprint density at radius 1 is 1.24 bits per heavy atom. The third kappa shape index (κ3) is 1.64. The van der Waals surface area contributed by atoms with Crippen molar-refractivity contribution in [2.75, 3.05) is 31.2 Å². The number of fused-ring (bicyclic) bond motifs is 1. The molecule has 17 heavy (non-hydrogen) atoms. The Labute approximate surface area is 99.2 Å². The zero-order valence-corrected chi connectivity index (χ0v) is 10.1. The van der Waals surface area contributed by atoms with Crippen LogP contribution in [-0.2, 0) is 4.74 Å². The van der Waals surface area contributed by atoms with Gasteiger partial charge in [-0.05, 0) is 13.8 Å². The van der Waals surface area contributed by atoms with Gasteiger partial charge in [0.05, 0.1) is 13.2 Å². The van der Waals surface area contributed by atoms with Gasteiger partial charge in [-0.3, -0.25) is 0 Å². The molecule has 1 aliphatic heterocycles. The first-order valence-electron chi connectivity index (χ1n) is 5.77. The predicted molar refractivity (Wildman–Crippen MR) is 63.3 cm³/mol. The minimum absolute atomic E-state index is 0.662. The summed E-state index contributed by atoms with van der Waals surface area (Å²) < 4.78 is 7.20. The van der Waals surface area contributed by atoms with Gasteiger partial charge < -0.3 is 9.64 Å². The monoisotopic (exact) mass is 233 g/mol. The van der Waals surface area contributed by atoms with Crippen molar-refractivity contribution < 1.29 is 4.74 Å². The molecule has 3 heterocycles. The van der Waals surface area contributed by atoms with Crippen LogP contribution in [0.25, 0.3) is 5.78 Å². The zero-order chi connectivity index (χ0) is 11.8. The van der Waals surface area contributed by atoms with E-state index in [-0.39, 0.29) is 0 Å². The highest BCUT2D eigenvalue weighted by Gasteiger charge is 2.19. The van der Waals surface area contributed by atoms with Crippen LogP contribution < -0.4 is 4.90 Å². The largest absolute Gasteiger partial charge is 0.378 e. The summed E-state index contributed by atoms with van der Waals surface area (Å²) in [5.41, 5.74) is 2.16. The molecule has 0 N–H and O–H groups in total. The van der Waals surface area contributed by atoms with E-state index in [1.165, 1.54) is 0 Å². The first-order chi connectivity index (χ1) is 8.27. The molecule has 2 aromatic heterocycles. The summed E-state index contributed by atoms with van der Waals surface area (Å²) in [5, 5.41) is 4.26. The molecule has 1 aliphatic rings. The second-order valence-corrected chi connectivity index (χ2v) is 4.22. The summed E-state index contributed by atoms with van der Waals surface area (Å²) in [6.07, 6.45) is 1.55. The second-order valence-electron chi connectivity index (χ2n) is 4.22. The molecule has 0 amide bonds. The first kappa shape index (κ1) is 10.5. The van der Waals surface area contributed by atoms with E-state index in [4.69, 9.17) is 4.74 Å². The molecular formula is C11H15N5O. The minimum Gasteiger partial charge on any atom is -0.378 e. The van der Waals surface area contributed by atoms with Crippen LogP contribution in [0.3, 0.4) is 0 Å². The number of hydrogen-bond acceptors (Lipinski definition) is 5. The first-order valence-corrected chi connectivity index (χ1v) is 5.77. The number of hydrogen-bond donors (Lipinski definition) is 0. The SMILES string of the molecule is Cc1nc2ncnn2c(N2CCOCC2)c1C. The topological polar surface area (TPSA) is 55.5 Å². The average Bonchev–Trinajstić information content (AvgIpc) is 2.79. The number of nitrogens with zero attached hydrogens (tertiary/aromatic N) is 5. The molecule has 3 rings (SSSR count). The Kier molecular flexibility index (Phi) is 2.44. The number of aromatic nitrogens is 4. The Morgan fingerprint density at radius 2 is 2.00 bits per heavy atom. The van der Waals surface area contributed by atoms with Crippen molar-refractivity contribution in [1.82, 2.24) is 19.6 Å². The van der Waals surface area contributed by atoms with Crippen molar-refractivity contribution in [3.63, 3.8) is 0 Å². The van der Waals surface area contributed by atoms with Gasteiger partial charge in [0.1, 0.15) is 12.1 Å². The van der Waals surface area contributed by atoms with E-state index in [2.05, 4.69) is 26.9 Å². The van der Waals surface area contributed by atoms with E-state index in [9.17, 15) is 0 Å². The highest BCUT2D eigenvalue weighted by Crippen LogP contribution is 2.22. The molecule has 1 saturated heterocycles.